The van der Waals surface area contributed by atoms with E-state index in [2.05, 4.69) is 15.2 Å². The second kappa shape index (κ2) is 8.53. The maximum absolute atomic E-state index is 12.3. The van der Waals surface area contributed by atoms with Gasteiger partial charge in [0.05, 0.1) is 10.6 Å². The van der Waals surface area contributed by atoms with Crippen molar-refractivity contribution in [2.75, 3.05) is 19.0 Å². The number of nitrogens with zero attached hydrogens (tertiary/aromatic N) is 1. The molecule has 1 amide bonds. The summed E-state index contributed by atoms with van der Waals surface area (Å²) in [4.78, 5) is 24.4. The Kier molecular flexibility index (Phi) is 6.57. The molecule has 0 bridgehead atoms. The van der Waals surface area contributed by atoms with Gasteiger partial charge in [-0.1, -0.05) is 25.1 Å². The van der Waals surface area contributed by atoms with Crippen molar-refractivity contribution in [1.29, 1.82) is 0 Å². The average molecular weight is 409 g/mol. The highest BCUT2D eigenvalue weighted by molar-refractivity contribution is 7.89. The summed E-state index contributed by atoms with van der Waals surface area (Å²) >= 11 is 0. The molecule has 0 aliphatic rings. The predicted octanol–water partition coefficient (Wildman–Crippen LogP) is 2.12. The van der Waals surface area contributed by atoms with E-state index in [0.717, 1.165) is 0 Å². The van der Waals surface area contributed by atoms with Crippen LogP contribution in [0.1, 0.15) is 47.1 Å². The fourth-order valence-corrected chi connectivity index (χ4v) is 3.50. The third-order valence-corrected chi connectivity index (χ3v) is 5.54. The zero-order valence-corrected chi connectivity index (χ0v) is 17.1. The van der Waals surface area contributed by atoms with Crippen LogP contribution in [0.25, 0.3) is 0 Å². The number of sulfonamides is 1. The lowest BCUT2D eigenvalue weighted by Gasteiger charge is -2.11. The van der Waals surface area contributed by atoms with Crippen molar-refractivity contribution in [3.05, 3.63) is 40.8 Å². The van der Waals surface area contributed by atoms with Crippen LogP contribution in [-0.2, 0) is 19.6 Å². The number of aryl methyl sites for hydroxylation is 2. The Morgan fingerprint density at radius 1 is 1.25 bits per heavy atom. The van der Waals surface area contributed by atoms with Crippen molar-refractivity contribution in [2.45, 2.75) is 38.5 Å². The van der Waals surface area contributed by atoms with Crippen LogP contribution in [-0.4, -0.2) is 39.1 Å². The van der Waals surface area contributed by atoms with Gasteiger partial charge in [0.15, 0.2) is 12.4 Å². The number of esters is 1. The molecule has 0 atom stereocenters. The molecule has 0 saturated carbocycles. The van der Waals surface area contributed by atoms with Gasteiger partial charge in [0.2, 0.25) is 10.0 Å². The minimum absolute atomic E-state index is 0.0477. The first-order valence-electron chi connectivity index (χ1n) is 8.54. The number of nitrogens with one attached hydrogen (secondary N) is 2. The smallest absolute Gasteiger partial charge is 0.344 e. The van der Waals surface area contributed by atoms with Crippen LogP contribution in [0.5, 0.6) is 0 Å². The lowest BCUT2D eigenvalue weighted by molar-refractivity contribution is -0.119. The van der Waals surface area contributed by atoms with Crippen LogP contribution in [0.2, 0.25) is 0 Å². The Bertz CT molecular complexity index is 995. The predicted molar refractivity (Wildman–Crippen MR) is 102 cm³/mol. The molecule has 0 aliphatic carbocycles. The van der Waals surface area contributed by atoms with Crippen molar-refractivity contribution in [3.63, 3.8) is 0 Å². The van der Waals surface area contributed by atoms with E-state index in [1.54, 1.807) is 26.0 Å². The minimum atomic E-state index is -3.66. The van der Waals surface area contributed by atoms with Gasteiger partial charge in [-0.25, -0.2) is 17.9 Å². The number of carbonyl (C=O) groups is 2. The highest BCUT2D eigenvalue weighted by atomic mass is 32.2. The lowest BCUT2D eigenvalue weighted by atomic mass is 10.1. The highest BCUT2D eigenvalue weighted by Gasteiger charge is 2.24. The number of amides is 1. The van der Waals surface area contributed by atoms with Crippen LogP contribution in [0, 0.1) is 13.8 Å². The molecule has 1 aromatic carbocycles. The SMILES string of the molecule is CNS(=O)(=O)c1cc(NC(=O)COC(=O)c2c(C)noc2C(C)C)ccc1C. The van der Waals surface area contributed by atoms with E-state index in [1.807, 2.05) is 13.8 Å². The zero-order valence-electron chi connectivity index (χ0n) is 16.3. The first kappa shape index (κ1) is 21.6. The molecule has 0 spiro atoms. The standard InChI is InChI=1S/C18H23N3O6S/c1-10(2)17-16(12(4)21-27-17)18(23)26-9-15(22)20-13-7-6-11(3)14(8-13)28(24,25)19-5/h6-8,10,19H,9H2,1-5H3,(H,20,22). The summed E-state index contributed by atoms with van der Waals surface area (Å²) in [5, 5.41) is 6.27. The number of rotatable bonds is 7. The van der Waals surface area contributed by atoms with Gasteiger partial charge in [-0.3, -0.25) is 4.79 Å². The largest absolute Gasteiger partial charge is 0.452 e. The van der Waals surface area contributed by atoms with Crippen molar-refractivity contribution >= 4 is 27.6 Å². The first-order chi connectivity index (χ1) is 13.1. The van der Waals surface area contributed by atoms with Crippen LogP contribution < -0.4 is 10.0 Å². The molecule has 0 fully saturated rings. The molecule has 152 valence electrons. The molecule has 0 unspecified atom stereocenters. The van der Waals surface area contributed by atoms with E-state index >= 15 is 0 Å². The third kappa shape index (κ3) is 4.76. The molecule has 0 saturated heterocycles. The molecule has 1 aromatic heterocycles. The van der Waals surface area contributed by atoms with Gasteiger partial charge in [-0.15, -0.1) is 0 Å². The summed E-state index contributed by atoms with van der Waals surface area (Å²) in [6.07, 6.45) is 0. The molecular formula is C18H23N3O6S. The van der Waals surface area contributed by atoms with Crippen LogP contribution in [0.3, 0.4) is 0 Å². The van der Waals surface area contributed by atoms with E-state index in [1.165, 1.54) is 13.1 Å². The topological polar surface area (TPSA) is 128 Å². The Morgan fingerprint density at radius 2 is 1.93 bits per heavy atom. The molecule has 2 aromatic rings. The molecule has 10 heteroatoms. The third-order valence-electron chi connectivity index (χ3n) is 3.98. The Labute approximate surface area is 163 Å². The number of hydrogen-bond acceptors (Lipinski definition) is 7. The number of aromatic nitrogens is 1. The minimum Gasteiger partial charge on any atom is -0.452 e. The Morgan fingerprint density at radius 3 is 2.54 bits per heavy atom. The Hall–Kier alpha value is -2.72. The number of carbonyl (C=O) groups excluding carboxylic acids is 2. The van der Waals surface area contributed by atoms with Gasteiger partial charge in [0, 0.05) is 11.6 Å². The van der Waals surface area contributed by atoms with E-state index in [4.69, 9.17) is 9.26 Å². The Balaban J connectivity index is 2.07. The molecule has 0 aliphatic heterocycles. The van der Waals surface area contributed by atoms with E-state index < -0.39 is 28.5 Å². The summed E-state index contributed by atoms with van der Waals surface area (Å²) in [6, 6.07) is 4.47. The molecular weight excluding hydrogens is 386 g/mol. The van der Waals surface area contributed by atoms with Crippen molar-refractivity contribution < 1.29 is 27.3 Å². The summed E-state index contributed by atoms with van der Waals surface area (Å²) in [5.74, 6) is -0.994. The number of anilines is 1. The van der Waals surface area contributed by atoms with Gasteiger partial charge in [0.1, 0.15) is 5.56 Å². The summed E-state index contributed by atoms with van der Waals surface area (Å²) in [6.45, 7) is 6.41. The number of hydrogen-bond donors (Lipinski definition) is 2. The quantitative estimate of drug-likeness (QED) is 0.670. The van der Waals surface area contributed by atoms with Gasteiger partial charge in [0.25, 0.3) is 5.91 Å². The van der Waals surface area contributed by atoms with Gasteiger partial charge < -0.3 is 14.6 Å². The fraction of sp³-hybridized carbons (Fsp3) is 0.389. The lowest BCUT2D eigenvalue weighted by Crippen LogP contribution is -2.23. The first-order valence-corrected chi connectivity index (χ1v) is 10.0. The second-order valence-corrected chi connectivity index (χ2v) is 8.33. The molecule has 28 heavy (non-hydrogen) atoms. The monoisotopic (exact) mass is 409 g/mol. The van der Waals surface area contributed by atoms with Gasteiger partial charge in [-0.05, 0) is 38.6 Å². The van der Waals surface area contributed by atoms with E-state index in [0.29, 0.717) is 17.0 Å². The van der Waals surface area contributed by atoms with Crippen LogP contribution in [0.4, 0.5) is 5.69 Å². The van der Waals surface area contributed by atoms with Crippen LogP contribution in [0.15, 0.2) is 27.6 Å². The summed E-state index contributed by atoms with van der Waals surface area (Å²) < 4.78 is 36.4. The van der Waals surface area contributed by atoms with Gasteiger partial charge >= 0.3 is 5.97 Å². The van der Waals surface area contributed by atoms with Crippen molar-refractivity contribution in [1.82, 2.24) is 9.88 Å². The molecule has 0 radical (unpaired) electrons. The number of ether oxygens (including phenoxy) is 1. The molecule has 2 N–H and O–H groups in total. The maximum atomic E-state index is 12.3. The average Bonchev–Trinajstić information content (AvgIpc) is 3.03. The second-order valence-electron chi connectivity index (χ2n) is 6.47. The fourth-order valence-electron chi connectivity index (χ4n) is 2.51. The number of benzene rings is 1. The van der Waals surface area contributed by atoms with Crippen molar-refractivity contribution in [3.8, 4) is 0 Å². The zero-order chi connectivity index (χ0) is 21.1. The summed E-state index contributed by atoms with van der Waals surface area (Å²) in [5.41, 5.74) is 1.39. The molecule has 1 heterocycles. The summed E-state index contributed by atoms with van der Waals surface area (Å²) in [7, 11) is -2.36. The van der Waals surface area contributed by atoms with Crippen molar-refractivity contribution in [2.24, 2.45) is 0 Å². The molecule has 2 rings (SSSR count). The maximum Gasteiger partial charge on any atom is 0.344 e. The molecule has 9 nitrogen and oxygen atoms in total. The van der Waals surface area contributed by atoms with Crippen LogP contribution >= 0.6 is 0 Å². The van der Waals surface area contributed by atoms with Gasteiger partial charge in [-0.2, -0.15) is 0 Å². The van der Waals surface area contributed by atoms with E-state index in [-0.39, 0.29) is 22.1 Å². The normalized spacial score (nSPS) is 11.5. The van der Waals surface area contributed by atoms with E-state index in [9.17, 15) is 18.0 Å². The highest BCUT2D eigenvalue weighted by Crippen LogP contribution is 2.23.